The Hall–Kier alpha value is -2.59. The van der Waals surface area contributed by atoms with E-state index < -0.39 is 216 Å². The summed E-state index contributed by atoms with van der Waals surface area (Å²) >= 11 is 0. The molecule has 31 nitrogen and oxygen atoms in total. The van der Waals surface area contributed by atoms with Gasteiger partial charge in [0.05, 0.1) is 45.2 Å². The summed E-state index contributed by atoms with van der Waals surface area (Å²) in [5.41, 5.74) is 0. The normalized spacial score (nSPS) is 46.6. The van der Waals surface area contributed by atoms with Gasteiger partial charge in [0.25, 0.3) is 5.79 Å². The Labute approximate surface area is 384 Å². The minimum atomic E-state index is -3.09. The molecule has 5 fully saturated rings. The van der Waals surface area contributed by atoms with Gasteiger partial charge < -0.3 is 140 Å². The fourth-order valence-electron chi connectivity index (χ4n) is 8.43. The molecule has 0 unspecified atom stereocenters. The molecular formula is C37H62N2O29. The highest BCUT2D eigenvalue weighted by atomic mass is 16.8. The molecule has 5 aliphatic heterocycles. The second kappa shape index (κ2) is 23.8. The van der Waals surface area contributed by atoms with E-state index >= 15 is 0 Å². The van der Waals surface area contributed by atoms with Gasteiger partial charge in [-0.2, -0.15) is 0 Å². The van der Waals surface area contributed by atoms with Crippen LogP contribution < -0.4 is 10.6 Å². The number of carbonyl (C=O) groups excluding carboxylic acids is 2. The largest absolute Gasteiger partial charge is 0.477 e. The first-order valence-corrected chi connectivity index (χ1v) is 21.2. The van der Waals surface area contributed by atoms with Crippen LogP contribution in [0.4, 0.5) is 0 Å². The molecule has 0 saturated carbocycles. The third kappa shape index (κ3) is 12.0. The maximum atomic E-state index is 13.0. The Morgan fingerprint density at radius 2 is 1.10 bits per heavy atom. The molecule has 26 atom stereocenters. The molecule has 5 saturated heterocycles. The standard InChI is InChI=1S/C37H62N2O29/c1-9(44)38-17-11(46)3-37(36(58)59,68-30(17)19(48)12(47)4-40)60-8-16-29(66-34-26(55)23(52)20(49)13(5-41)62-34)22(51)18(39-10(2)45)33(64-16)67-31-21(50)14(6-42)63-35(27(31)56)65-28-15(7-43)61-32(57)25(54)24(28)53/h11-35,40-43,46-57H,3-8H2,1-2H3,(H,38,44)(H,39,45)(H,58,59)/t11-,12+,13+,14+,15+,16+,17+,18+,19+,20-,21-,22+,23-,24+,25+,26+,27+,28+,29+,30+,31-,32+,33-,34-,35-,37+/m0/s1. The number of amides is 2. The molecule has 394 valence electrons. The van der Waals surface area contributed by atoms with Crippen molar-refractivity contribution in [1.29, 1.82) is 0 Å². The average Bonchev–Trinajstić information content (AvgIpc) is 3.29. The summed E-state index contributed by atoms with van der Waals surface area (Å²) in [6.07, 6.45) is -47.2. The summed E-state index contributed by atoms with van der Waals surface area (Å²) in [4.78, 5) is 37.8. The van der Waals surface area contributed by atoms with Gasteiger partial charge in [-0.15, -0.1) is 0 Å². The maximum Gasteiger partial charge on any atom is 0.364 e. The van der Waals surface area contributed by atoms with Crippen molar-refractivity contribution < 1.29 is 144 Å². The van der Waals surface area contributed by atoms with Gasteiger partial charge in [-0.25, -0.2) is 4.79 Å². The van der Waals surface area contributed by atoms with Crippen molar-refractivity contribution >= 4 is 17.8 Å². The number of ether oxygens (including phenoxy) is 9. The molecule has 31 heteroatoms. The number of aliphatic hydroxyl groups is 16. The fraction of sp³-hybridized carbons (Fsp3) is 0.919. The number of hydrogen-bond acceptors (Lipinski definition) is 28. The molecule has 19 N–H and O–H groups in total. The molecular weight excluding hydrogens is 936 g/mol. The number of hydrogen-bond donors (Lipinski definition) is 19. The van der Waals surface area contributed by atoms with Crippen LogP contribution in [0, 0.1) is 0 Å². The number of carboxylic acids is 1. The van der Waals surface area contributed by atoms with Gasteiger partial charge in [-0.05, 0) is 0 Å². The first-order chi connectivity index (χ1) is 31.9. The lowest BCUT2D eigenvalue weighted by Gasteiger charge is -2.50. The molecule has 68 heavy (non-hydrogen) atoms. The van der Waals surface area contributed by atoms with Crippen molar-refractivity contribution in [2.75, 3.05) is 33.0 Å². The minimum Gasteiger partial charge on any atom is -0.477 e. The summed E-state index contributed by atoms with van der Waals surface area (Å²) in [7, 11) is 0. The highest BCUT2D eigenvalue weighted by molar-refractivity contribution is 5.76. The Morgan fingerprint density at radius 3 is 1.65 bits per heavy atom. The first kappa shape index (κ1) is 56.3. The molecule has 0 aromatic rings. The smallest absolute Gasteiger partial charge is 0.364 e. The molecule has 0 aliphatic carbocycles. The third-order valence-electron chi connectivity index (χ3n) is 12.1. The number of aliphatic hydroxyl groups excluding tert-OH is 16. The van der Waals surface area contributed by atoms with E-state index in [1.165, 1.54) is 0 Å². The Balaban J connectivity index is 1.52. The minimum absolute atomic E-state index is 0.814. The van der Waals surface area contributed by atoms with E-state index in [0.29, 0.717) is 0 Å². The monoisotopic (exact) mass is 998 g/mol. The maximum absolute atomic E-state index is 13.0. The summed E-state index contributed by atoms with van der Waals surface area (Å²) in [5, 5.41) is 184. The van der Waals surface area contributed by atoms with Crippen LogP contribution in [0.3, 0.4) is 0 Å². The fourth-order valence-corrected chi connectivity index (χ4v) is 8.43. The van der Waals surface area contributed by atoms with Crippen LogP contribution >= 0.6 is 0 Å². The van der Waals surface area contributed by atoms with E-state index in [4.69, 9.17) is 42.6 Å². The van der Waals surface area contributed by atoms with Crippen LogP contribution in [0.1, 0.15) is 20.3 Å². The third-order valence-corrected chi connectivity index (χ3v) is 12.1. The topological polar surface area (TPSA) is 502 Å². The number of rotatable bonds is 18. The van der Waals surface area contributed by atoms with E-state index in [1.807, 2.05) is 0 Å². The van der Waals surface area contributed by atoms with Crippen molar-refractivity contribution in [3.63, 3.8) is 0 Å². The van der Waals surface area contributed by atoms with E-state index in [0.717, 1.165) is 13.8 Å². The van der Waals surface area contributed by atoms with Crippen molar-refractivity contribution in [3.05, 3.63) is 0 Å². The molecule has 0 spiro atoms. The van der Waals surface area contributed by atoms with Gasteiger partial charge in [0.2, 0.25) is 11.8 Å². The molecule has 5 heterocycles. The average molecular weight is 999 g/mol. The van der Waals surface area contributed by atoms with Gasteiger partial charge in [0.1, 0.15) is 116 Å². The van der Waals surface area contributed by atoms with Crippen LogP contribution in [0.5, 0.6) is 0 Å². The van der Waals surface area contributed by atoms with Crippen LogP contribution in [0.15, 0.2) is 0 Å². The summed E-state index contributed by atoms with van der Waals surface area (Å²) in [5.74, 6) is -6.84. The van der Waals surface area contributed by atoms with Crippen molar-refractivity contribution in [3.8, 4) is 0 Å². The predicted octanol–water partition coefficient (Wildman–Crippen LogP) is -12.4. The van der Waals surface area contributed by atoms with Crippen LogP contribution in [-0.4, -0.2) is 297 Å². The van der Waals surface area contributed by atoms with E-state index in [2.05, 4.69) is 10.6 Å². The van der Waals surface area contributed by atoms with E-state index in [1.54, 1.807) is 0 Å². The van der Waals surface area contributed by atoms with Crippen LogP contribution in [0.25, 0.3) is 0 Å². The van der Waals surface area contributed by atoms with Gasteiger partial charge >= 0.3 is 5.97 Å². The van der Waals surface area contributed by atoms with E-state index in [-0.39, 0.29) is 0 Å². The molecule has 5 rings (SSSR count). The van der Waals surface area contributed by atoms with Crippen molar-refractivity contribution in [1.82, 2.24) is 10.6 Å². The van der Waals surface area contributed by atoms with Crippen LogP contribution in [0.2, 0.25) is 0 Å². The molecule has 0 radical (unpaired) electrons. The summed E-state index contributed by atoms with van der Waals surface area (Å²) in [6, 6.07) is -3.55. The number of carbonyl (C=O) groups is 3. The van der Waals surface area contributed by atoms with Crippen molar-refractivity contribution in [2.24, 2.45) is 0 Å². The molecule has 2 amide bonds. The molecule has 0 aromatic heterocycles. The van der Waals surface area contributed by atoms with Gasteiger partial charge in [0.15, 0.2) is 25.2 Å². The highest BCUT2D eigenvalue weighted by Crippen LogP contribution is 2.38. The lowest BCUT2D eigenvalue weighted by atomic mass is 9.88. The highest BCUT2D eigenvalue weighted by Gasteiger charge is 2.59. The molecule has 0 bridgehead atoms. The number of nitrogens with one attached hydrogen (secondary N) is 2. The summed E-state index contributed by atoms with van der Waals surface area (Å²) in [6.45, 7) is -3.31. The van der Waals surface area contributed by atoms with Crippen molar-refractivity contribution in [2.45, 2.75) is 179 Å². The Morgan fingerprint density at radius 1 is 0.588 bits per heavy atom. The lowest BCUT2D eigenvalue weighted by Crippen LogP contribution is -2.70. The molecule has 0 aromatic carbocycles. The SMILES string of the molecule is CC(=O)N[C@H]1[C@H](O[C@H]2[C@@H](O)[C@@H](CO)O[C@@H](O[C@H]3[C@H](O)[C@@H](O)[C@H](O)O[C@@H]3CO)[C@@H]2O)O[C@H](CO[C@]2(C(=O)O)C[C@H](O)[C@@H](NC(C)=O)[C@H]([C@H](O)[C@H](O)CO)O2)[C@@H](O[C@@H]2O[C@H](CO)[C@H](O)[C@H](O)[C@H]2O)[C@@H]1O. The van der Waals surface area contributed by atoms with Gasteiger partial charge in [-0.3, -0.25) is 9.59 Å². The zero-order valence-corrected chi connectivity index (χ0v) is 36.2. The second-order valence-corrected chi connectivity index (χ2v) is 16.9. The quantitative estimate of drug-likeness (QED) is 0.0606. The first-order valence-electron chi connectivity index (χ1n) is 21.2. The zero-order valence-electron chi connectivity index (χ0n) is 36.2. The van der Waals surface area contributed by atoms with Crippen LogP contribution in [-0.2, 0) is 57.0 Å². The van der Waals surface area contributed by atoms with Gasteiger partial charge in [0, 0.05) is 20.3 Å². The number of carboxylic acid groups (broad SMARTS) is 1. The predicted molar refractivity (Wildman–Crippen MR) is 207 cm³/mol. The second-order valence-electron chi connectivity index (χ2n) is 16.9. The number of aliphatic carboxylic acids is 1. The zero-order chi connectivity index (χ0) is 50.7. The molecule has 5 aliphatic rings. The Kier molecular flexibility index (Phi) is 19.7. The summed E-state index contributed by atoms with van der Waals surface area (Å²) < 4.78 is 50.9. The van der Waals surface area contributed by atoms with Gasteiger partial charge in [-0.1, -0.05) is 0 Å². The lowest BCUT2D eigenvalue weighted by molar-refractivity contribution is -0.384. The van der Waals surface area contributed by atoms with E-state index in [9.17, 15) is 101 Å². The Bertz CT molecular complexity index is 1650.